The van der Waals surface area contributed by atoms with E-state index in [4.69, 9.17) is 16.3 Å². The maximum Gasteiger partial charge on any atom is 0.254 e. The molecule has 0 radical (unpaired) electrons. The molecule has 4 heterocycles. The van der Waals surface area contributed by atoms with Gasteiger partial charge in [-0.2, -0.15) is 5.10 Å². The van der Waals surface area contributed by atoms with Gasteiger partial charge in [0.15, 0.2) is 0 Å². The van der Waals surface area contributed by atoms with E-state index in [1.165, 1.54) is 0 Å². The molecule has 2 N–H and O–H groups in total. The fourth-order valence-electron chi connectivity index (χ4n) is 4.62. The molecule has 1 atom stereocenters. The van der Waals surface area contributed by atoms with Crippen molar-refractivity contribution < 1.29 is 14.3 Å². The minimum atomic E-state index is -0.254. The molecule has 2 aromatic heterocycles. The third-order valence-corrected chi connectivity index (χ3v) is 6.98. The number of halogens is 1. The molecular formula is C26H30ClN7O3. The molecule has 0 spiro atoms. The Labute approximate surface area is 220 Å². The van der Waals surface area contributed by atoms with Gasteiger partial charge < -0.3 is 20.3 Å². The SMILES string of the molecule is CCn1ccc(C(C)NC(=O)CN2Cc3ccc(-c4nc(NC5CCOCC5)ncc4Cl)cc3C2=O)n1. The van der Waals surface area contributed by atoms with Crippen LogP contribution in [0.4, 0.5) is 5.95 Å². The van der Waals surface area contributed by atoms with Crippen molar-refractivity contribution in [3.8, 4) is 11.3 Å². The highest BCUT2D eigenvalue weighted by molar-refractivity contribution is 6.33. The number of anilines is 1. The molecule has 1 aromatic carbocycles. The van der Waals surface area contributed by atoms with E-state index in [1.807, 2.05) is 42.9 Å². The molecule has 194 valence electrons. The summed E-state index contributed by atoms with van der Waals surface area (Å²) in [4.78, 5) is 36.4. The molecule has 1 unspecified atom stereocenters. The first-order chi connectivity index (χ1) is 17.9. The number of benzene rings is 1. The standard InChI is InChI=1S/C26H30ClN7O3/c1-3-34-9-6-22(32-34)16(2)29-23(35)15-33-14-18-5-4-17(12-20(18)25(33)36)24-21(27)13-28-26(31-24)30-19-7-10-37-11-8-19/h4-6,9,12-13,16,19H,3,7-8,10-11,14-15H2,1-2H3,(H,29,35)(H,28,30,31). The van der Waals surface area contributed by atoms with Crippen molar-refractivity contribution in [2.75, 3.05) is 25.1 Å². The summed E-state index contributed by atoms with van der Waals surface area (Å²) in [6.45, 7) is 6.40. The van der Waals surface area contributed by atoms with E-state index in [-0.39, 0.29) is 30.4 Å². The fourth-order valence-corrected chi connectivity index (χ4v) is 4.82. The van der Waals surface area contributed by atoms with Crippen molar-refractivity contribution in [1.82, 2.24) is 30.0 Å². The van der Waals surface area contributed by atoms with Crippen LogP contribution < -0.4 is 10.6 Å². The largest absolute Gasteiger partial charge is 0.381 e. The van der Waals surface area contributed by atoms with Gasteiger partial charge in [0.2, 0.25) is 11.9 Å². The number of aryl methyl sites for hydroxylation is 1. The number of nitrogens with zero attached hydrogens (tertiary/aromatic N) is 5. The van der Waals surface area contributed by atoms with Crippen LogP contribution in [-0.2, 0) is 22.6 Å². The lowest BCUT2D eigenvalue weighted by Gasteiger charge is -2.23. The Morgan fingerprint density at radius 3 is 2.84 bits per heavy atom. The molecule has 10 nitrogen and oxygen atoms in total. The topological polar surface area (TPSA) is 114 Å². The van der Waals surface area contributed by atoms with Crippen molar-refractivity contribution in [1.29, 1.82) is 0 Å². The summed E-state index contributed by atoms with van der Waals surface area (Å²) >= 11 is 6.44. The number of fused-ring (bicyclic) bond motifs is 1. The highest BCUT2D eigenvalue weighted by Crippen LogP contribution is 2.31. The summed E-state index contributed by atoms with van der Waals surface area (Å²) in [5.74, 6) is 0.0672. The molecule has 3 aromatic rings. The highest BCUT2D eigenvalue weighted by Gasteiger charge is 2.30. The van der Waals surface area contributed by atoms with Crippen molar-refractivity contribution in [2.45, 2.75) is 51.9 Å². The van der Waals surface area contributed by atoms with Gasteiger partial charge in [0, 0.05) is 49.7 Å². The van der Waals surface area contributed by atoms with E-state index in [9.17, 15) is 9.59 Å². The molecule has 0 saturated carbocycles. The zero-order chi connectivity index (χ0) is 25.9. The van der Waals surface area contributed by atoms with Crippen LogP contribution in [0, 0.1) is 0 Å². The summed E-state index contributed by atoms with van der Waals surface area (Å²) < 4.78 is 7.22. The number of carbonyl (C=O) groups is 2. The van der Waals surface area contributed by atoms with E-state index in [1.54, 1.807) is 17.2 Å². The van der Waals surface area contributed by atoms with Crippen LogP contribution in [0.15, 0.2) is 36.7 Å². The van der Waals surface area contributed by atoms with Gasteiger partial charge in [0.05, 0.1) is 28.6 Å². The summed E-state index contributed by atoms with van der Waals surface area (Å²) in [5, 5.41) is 11.1. The van der Waals surface area contributed by atoms with Crippen LogP contribution in [0.3, 0.4) is 0 Å². The van der Waals surface area contributed by atoms with E-state index < -0.39 is 0 Å². The van der Waals surface area contributed by atoms with E-state index in [0.717, 1.165) is 36.2 Å². The number of nitrogens with one attached hydrogen (secondary N) is 2. The fraction of sp³-hybridized carbons (Fsp3) is 0.423. The minimum absolute atomic E-state index is 0.0326. The number of amides is 2. The second-order valence-electron chi connectivity index (χ2n) is 9.34. The molecule has 2 amide bonds. The Kier molecular flexibility index (Phi) is 7.38. The van der Waals surface area contributed by atoms with Gasteiger partial charge in [-0.25, -0.2) is 9.97 Å². The van der Waals surface area contributed by atoms with Crippen LogP contribution in [0.2, 0.25) is 5.02 Å². The second kappa shape index (κ2) is 10.9. The molecular weight excluding hydrogens is 494 g/mol. The third-order valence-electron chi connectivity index (χ3n) is 6.70. The Morgan fingerprint density at radius 2 is 2.08 bits per heavy atom. The monoisotopic (exact) mass is 523 g/mol. The lowest BCUT2D eigenvalue weighted by Crippen LogP contribution is -2.38. The van der Waals surface area contributed by atoms with Gasteiger partial charge >= 0.3 is 0 Å². The summed E-state index contributed by atoms with van der Waals surface area (Å²) in [7, 11) is 0. The van der Waals surface area contributed by atoms with Crippen LogP contribution in [-0.4, -0.2) is 62.3 Å². The zero-order valence-electron chi connectivity index (χ0n) is 20.9. The van der Waals surface area contributed by atoms with Crippen molar-refractivity contribution in [3.05, 3.63) is 58.5 Å². The summed E-state index contributed by atoms with van der Waals surface area (Å²) in [5.41, 5.74) is 3.47. The molecule has 1 fully saturated rings. The Morgan fingerprint density at radius 1 is 1.27 bits per heavy atom. The third kappa shape index (κ3) is 5.60. The number of hydrogen-bond donors (Lipinski definition) is 2. The van der Waals surface area contributed by atoms with Gasteiger partial charge in [0.25, 0.3) is 5.91 Å². The summed E-state index contributed by atoms with van der Waals surface area (Å²) in [6.07, 6.45) is 5.23. The van der Waals surface area contributed by atoms with Gasteiger partial charge in [-0.05, 0) is 44.4 Å². The number of ether oxygens (including phenoxy) is 1. The van der Waals surface area contributed by atoms with Crippen LogP contribution >= 0.6 is 11.6 Å². The Bertz CT molecular complexity index is 1310. The molecule has 1 saturated heterocycles. The lowest BCUT2D eigenvalue weighted by atomic mass is 10.0. The first-order valence-corrected chi connectivity index (χ1v) is 12.9. The number of hydrogen-bond acceptors (Lipinski definition) is 7. The molecule has 0 bridgehead atoms. The first kappa shape index (κ1) is 25.2. The van der Waals surface area contributed by atoms with Crippen LogP contribution in [0.5, 0.6) is 0 Å². The first-order valence-electron chi connectivity index (χ1n) is 12.5. The normalized spacial score (nSPS) is 16.5. The van der Waals surface area contributed by atoms with Crippen LogP contribution in [0.1, 0.15) is 54.3 Å². The maximum absolute atomic E-state index is 13.2. The summed E-state index contributed by atoms with van der Waals surface area (Å²) in [6, 6.07) is 7.46. The second-order valence-corrected chi connectivity index (χ2v) is 9.75. The molecule has 11 heteroatoms. The van der Waals surface area contributed by atoms with Crippen molar-refractivity contribution >= 4 is 29.4 Å². The Balaban J connectivity index is 1.26. The predicted octanol–water partition coefficient (Wildman–Crippen LogP) is 3.44. The quantitative estimate of drug-likeness (QED) is 0.465. The predicted molar refractivity (Wildman–Crippen MR) is 139 cm³/mol. The molecule has 0 aliphatic carbocycles. The maximum atomic E-state index is 13.2. The average molecular weight is 524 g/mol. The van der Waals surface area contributed by atoms with Gasteiger partial charge in [-0.3, -0.25) is 14.3 Å². The Hall–Kier alpha value is -3.50. The lowest BCUT2D eigenvalue weighted by molar-refractivity contribution is -0.122. The average Bonchev–Trinajstić information content (AvgIpc) is 3.50. The van der Waals surface area contributed by atoms with Crippen molar-refractivity contribution in [3.63, 3.8) is 0 Å². The van der Waals surface area contributed by atoms with Gasteiger partial charge in [-0.15, -0.1) is 0 Å². The smallest absolute Gasteiger partial charge is 0.254 e. The zero-order valence-corrected chi connectivity index (χ0v) is 21.7. The van der Waals surface area contributed by atoms with Gasteiger partial charge in [-0.1, -0.05) is 23.7 Å². The van der Waals surface area contributed by atoms with E-state index in [0.29, 0.717) is 42.0 Å². The molecule has 37 heavy (non-hydrogen) atoms. The van der Waals surface area contributed by atoms with Crippen molar-refractivity contribution in [2.24, 2.45) is 0 Å². The van der Waals surface area contributed by atoms with E-state index in [2.05, 4.69) is 25.7 Å². The minimum Gasteiger partial charge on any atom is -0.381 e. The number of aromatic nitrogens is 4. The van der Waals surface area contributed by atoms with Gasteiger partial charge in [0.1, 0.15) is 6.54 Å². The molecule has 5 rings (SSSR count). The van der Waals surface area contributed by atoms with Crippen LogP contribution in [0.25, 0.3) is 11.3 Å². The number of rotatable bonds is 8. The number of carbonyl (C=O) groups excluding carboxylic acids is 2. The molecule has 2 aliphatic rings. The van der Waals surface area contributed by atoms with E-state index >= 15 is 0 Å². The highest BCUT2D eigenvalue weighted by atomic mass is 35.5. The molecule has 2 aliphatic heterocycles.